The quantitative estimate of drug-likeness (QED) is 0.819. The normalized spacial score (nSPS) is 11.3. The first kappa shape index (κ1) is 15.1. The molecule has 0 saturated heterocycles. The van der Waals surface area contributed by atoms with Crippen LogP contribution in [0.4, 0.5) is 11.4 Å². The van der Waals surface area contributed by atoms with E-state index in [1.54, 1.807) is 6.07 Å². The molecule has 0 fully saturated rings. The molecule has 0 aliphatic heterocycles. The molecular weight excluding hydrogens is 272 g/mol. The van der Waals surface area contributed by atoms with Gasteiger partial charge in [0.2, 0.25) is 10.0 Å². The predicted octanol–water partition coefficient (Wildman–Crippen LogP) is 2.43. The molecule has 0 aliphatic carbocycles. The summed E-state index contributed by atoms with van der Waals surface area (Å²) in [6, 6.07) is 5.49. The van der Waals surface area contributed by atoms with Crippen LogP contribution in [0.5, 0.6) is 0 Å². The number of alkyl halides is 1. The van der Waals surface area contributed by atoms with E-state index in [1.807, 2.05) is 38.1 Å². The second-order valence-electron chi connectivity index (χ2n) is 4.36. The smallest absolute Gasteiger partial charge is 0.232 e. The van der Waals surface area contributed by atoms with Crippen LogP contribution in [0.1, 0.15) is 12.0 Å². The summed E-state index contributed by atoms with van der Waals surface area (Å²) in [5.41, 5.74) is 2.68. The van der Waals surface area contributed by atoms with E-state index in [0.717, 1.165) is 11.3 Å². The highest BCUT2D eigenvalue weighted by Gasteiger charge is 2.11. The molecular formula is C12H19ClN2O2S. The Morgan fingerprint density at radius 1 is 1.33 bits per heavy atom. The summed E-state index contributed by atoms with van der Waals surface area (Å²) in [5, 5.41) is 0. The summed E-state index contributed by atoms with van der Waals surface area (Å²) < 4.78 is 26.0. The lowest BCUT2D eigenvalue weighted by Crippen LogP contribution is -2.17. The van der Waals surface area contributed by atoms with Gasteiger partial charge in [-0.2, -0.15) is 0 Å². The minimum atomic E-state index is -3.31. The maximum atomic E-state index is 11.7. The van der Waals surface area contributed by atoms with Crippen molar-refractivity contribution in [3.05, 3.63) is 23.8 Å². The highest BCUT2D eigenvalue weighted by Crippen LogP contribution is 2.23. The Morgan fingerprint density at radius 2 is 2.00 bits per heavy atom. The van der Waals surface area contributed by atoms with Gasteiger partial charge in [0, 0.05) is 25.7 Å². The summed E-state index contributed by atoms with van der Waals surface area (Å²) >= 11 is 5.50. The molecule has 4 nitrogen and oxygen atoms in total. The zero-order chi connectivity index (χ0) is 13.8. The molecule has 0 heterocycles. The fourth-order valence-corrected chi connectivity index (χ4v) is 3.03. The van der Waals surface area contributed by atoms with Crippen molar-refractivity contribution < 1.29 is 8.42 Å². The number of hydrogen-bond acceptors (Lipinski definition) is 3. The van der Waals surface area contributed by atoms with E-state index in [-0.39, 0.29) is 5.75 Å². The minimum Gasteiger partial charge on any atom is -0.377 e. The average Bonchev–Trinajstić information content (AvgIpc) is 2.28. The molecule has 0 bridgehead atoms. The van der Waals surface area contributed by atoms with Gasteiger partial charge in [-0.05, 0) is 31.0 Å². The Kier molecular flexibility index (Phi) is 5.28. The lowest BCUT2D eigenvalue weighted by atomic mass is 10.2. The van der Waals surface area contributed by atoms with Crippen LogP contribution in [0.2, 0.25) is 0 Å². The van der Waals surface area contributed by atoms with Crippen LogP contribution in [0, 0.1) is 6.92 Å². The number of rotatable bonds is 6. The summed E-state index contributed by atoms with van der Waals surface area (Å²) in [7, 11) is 0.544. The molecule has 1 aromatic rings. The van der Waals surface area contributed by atoms with E-state index >= 15 is 0 Å². The van der Waals surface area contributed by atoms with Crippen LogP contribution in [0.15, 0.2) is 18.2 Å². The molecule has 0 spiro atoms. The highest BCUT2D eigenvalue weighted by molar-refractivity contribution is 7.92. The van der Waals surface area contributed by atoms with Crippen molar-refractivity contribution >= 4 is 33.0 Å². The van der Waals surface area contributed by atoms with Gasteiger partial charge in [0.05, 0.1) is 11.4 Å². The largest absolute Gasteiger partial charge is 0.377 e. The summed E-state index contributed by atoms with van der Waals surface area (Å²) in [5.74, 6) is 0.388. The Hall–Kier alpha value is -0.940. The maximum absolute atomic E-state index is 11.7. The van der Waals surface area contributed by atoms with E-state index in [0.29, 0.717) is 18.0 Å². The molecule has 0 aliphatic rings. The van der Waals surface area contributed by atoms with Crippen molar-refractivity contribution in [3.8, 4) is 0 Å². The molecule has 0 unspecified atom stereocenters. The number of nitrogens with one attached hydrogen (secondary N) is 1. The van der Waals surface area contributed by atoms with Crippen LogP contribution in [0.25, 0.3) is 0 Å². The predicted molar refractivity (Wildman–Crippen MR) is 78.3 cm³/mol. The average molecular weight is 291 g/mol. The standard InChI is InChI=1S/C12H19ClN2O2S/c1-10-5-6-11(9-12(10)15(2)3)14-18(16,17)8-4-7-13/h5-6,9,14H,4,7-8H2,1-3H3. The first-order valence-electron chi connectivity index (χ1n) is 5.70. The Morgan fingerprint density at radius 3 is 2.56 bits per heavy atom. The molecule has 0 amide bonds. The van der Waals surface area contributed by atoms with Crippen molar-refractivity contribution in [2.75, 3.05) is 35.4 Å². The molecule has 1 rings (SSSR count). The summed E-state index contributed by atoms with van der Waals surface area (Å²) in [4.78, 5) is 1.95. The van der Waals surface area contributed by atoms with E-state index in [1.165, 1.54) is 0 Å². The van der Waals surface area contributed by atoms with E-state index < -0.39 is 10.0 Å². The van der Waals surface area contributed by atoms with E-state index in [4.69, 9.17) is 11.6 Å². The van der Waals surface area contributed by atoms with E-state index in [9.17, 15) is 8.42 Å². The van der Waals surface area contributed by atoms with Gasteiger partial charge in [-0.1, -0.05) is 6.07 Å². The summed E-state index contributed by atoms with van der Waals surface area (Å²) in [6.07, 6.45) is 0.448. The number of sulfonamides is 1. The van der Waals surface area contributed by atoms with Gasteiger partial charge in [0.25, 0.3) is 0 Å². The molecule has 18 heavy (non-hydrogen) atoms. The van der Waals surface area contributed by atoms with Gasteiger partial charge in [0.15, 0.2) is 0 Å². The second-order valence-corrected chi connectivity index (χ2v) is 6.58. The molecule has 0 saturated carbocycles. The van der Waals surface area contributed by atoms with Gasteiger partial charge < -0.3 is 4.90 Å². The van der Waals surface area contributed by atoms with Crippen LogP contribution in [-0.2, 0) is 10.0 Å². The van der Waals surface area contributed by atoms with Gasteiger partial charge in [-0.3, -0.25) is 4.72 Å². The number of anilines is 2. The zero-order valence-electron chi connectivity index (χ0n) is 10.9. The number of aryl methyl sites for hydroxylation is 1. The molecule has 1 aromatic carbocycles. The molecule has 1 N–H and O–H groups in total. The van der Waals surface area contributed by atoms with Gasteiger partial charge in [-0.25, -0.2) is 8.42 Å². The SMILES string of the molecule is Cc1ccc(NS(=O)(=O)CCCCl)cc1N(C)C. The zero-order valence-corrected chi connectivity index (χ0v) is 12.5. The van der Waals surface area contributed by atoms with Crippen LogP contribution < -0.4 is 9.62 Å². The first-order chi connectivity index (χ1) is 8.35. The van der Waals surface area contributed by atoms with Gasteiger partial charge in [0.1, 0.15) is 0 Å². The fraction of sp³-hybridized carbons (Fsp3) is 0.500. The third-order valence-corrected chi connectivity index (χ3v) is 4.15. The summed E-state index contributed by atoms with van der Waals surface area (Å²) in [6.45, 7) is 1.99. The fourth-order valence-electron chi connectivity index (χ4n) is 1.63. The molecule has 0 radical (unpaired) electrons. The number of benzene rings is 1. The molecule has 6 heteroatoms. The molecule has 102 valence electrons. The van der Waals surface area contributed by atoms with Crippen molar-refractivity contribution in [2.45, 2.75) is 13.3 Å². The van der Waals surface area contributed by atoms with Gasteiger partial charge >= 0.3 is 0 Å². The first-order valence-corrected chi connectivity index (χ1v) is 7.89. The Labute approximate surface area is 114 Å². The topological polar surface area (TPSA) is 49.4 Å². The van der Waals surface area contributed by atoms with Crippen molar-refractivity contribution in [1.29, 1.82) is 0 Å². The Balaban J connectivity index is 2.89. The number of hydrogen-bond donors (Lipinski definition) is 1. The van der Waals surface area contributed by atoms with Crippen molar-refractivity contribution in [1.82, 2.24) is 0 Å². The molecule has 0 aromatic heterocycles. The number of halogens is 1. The molecule has 0 atom stereocenters. The van der Waals surface area contributed by atoms with Crippen LogP contribution in [-0.4, -0.2) is 34.1 Å². The number of nitrogens with zero attached hydrogens (tertiary/aromatic N) is 1. The van der Waals surface area contributed by atoms with Crippen LogP contribution in [0.3, 0.4) is 0 Å². The monoisotopic (exact) mass is 290 g/mol. The van der Waals surface area contributed by atoms with Crippen LogP contribution >= 0.6 is 11.6 Å². The minimum absolute atomic E-state index is 0.0433. The third kappa shape index (κ3) is 4.38. The lowest BCUT2D eigenvalue weighted by Gasteiger charge is -2.17. The Bertz CT molecular complexity index is 501. The van der Waals surface area contributed by atoms with Crippen molar-refractivity contribution in [2.24, 2.45) is 0 Å². The highest BCUT2D eigenvalue weighted by atomic mass is 35.5. The van der Waals surface area contributed by atoms with E-state index in [2.05, 4.69) is 4.72 Å². The second kappa shape index (κ2) is 6.29. The van der Waals surface area contributed by atoms with Crippen molar-refractivity contribution in [3.63, 3.8) is 0 Å². The van der Waals surface area contributed by atoms with Gasteiger partial charge in [-0.15, -0.1) is 11.6 Å². The lowest BCUT2D eigenvalue weighted by molar-refractivity contribution is 0.600. The maximum Gasteiger partial charge on any atom is 0.232 e. The third-order valence-electron chi connectivity index (χ3n) is 2.51.